The number of nitrogens with zero attached hydrogens (tertiary/aromatic N) is 1. The third kappa shape index (κ3) is 4.28. The van der Waals surface area contributed by atoms with Crippen LogP contribution in [-0.4, -0.2) is 37.2 Å². The highest BCUT2D eigenvalue weighted by molar-refractivity contribution is 5.85. The molecule has 1 saturated heterocycles. The van der Waals surface area contributed by atoms with E-state index in [4.69, 9.17) is 4.74 Å². The minimum absolute atomic E-state index is 0.0698. The van der Waals surface area contributed by atoms with Crippen molar-refractivity contribution in [1.82, 2.24) is 4.90 Å². The number of ether oxygens (including phenoxy) is 1. The number of rotatable bonds is 5. The summed E-state index contributed by atoms with van der Waals surface area (Å²) in [7, 11) is 1.39. The van der Waals surface area contributed by atoms with Gasteiger partial charge in [0.25, 0.3) is 0 Å². The van der Waals surface area contributed by atoms with Gasteiger partial charge in [0.05, 0.1) is 7.11 Å². The number of carbonyl (C=O) groups is 1. The summed E-state index contributed by atoms with van der Waals surface area (Å²) in [6.07, 6.45) is -1.13. The van der Waals surface area contributed by atoms with Crippen LogP contribution >= 0.6 is 0 Å². The molecule has 2 rings (SSSR count). The van der Waals surface area contributed by atoms with Gasteiger partial charge in [-0.3, -0.25) is 4.79 Å². The minimum atomic E-state index is -4.63. The summed E-state index contributed by atoms with van der Waals surface area (Å²) >= 11 is 0. The zero-order valence-corrected chi connectivity index (χ0v) is 15.0. The SMILES string of the molecule is CCC1(CC)CCN(C(=O)C(c2cccc(OC)c2)C(F)(F)F)CC1. The molecule has 25 heavy (non-hydrogen) atoms. The number of piperidine rings is 1. The molecule has 0 saturated carbocycles. The van der Waals surface area contributed by atoms with E-state index in [0.29, 0.717) is 18.8 Å². The van der Waals surface area contributed by atoms with Crippen molar-refractivity contribution in [3.63, 3.8) is 0 Å². The monoisotopic (exact) mass is 357 g/mol. The summed E-state index contributed by atoms with van der Waals surface area (Å²) in [5.74, 6) is -2.69. The summed E-state index contributed by atoms with van der Waals surface area (Å²) in [5, 5.41) is 0. The number of halogens is 3. The average Bonchev–Trinajstić information content (AvgIpc) is 2.61. The lowest BCUT2D eigenvalue weighted by Crippen LogP contribution is -2.47. The quantitative estimate of drug-likeness (QED) is 0.760. The smallest absolute Gasteiger partial charge is 0.404 e. The van der Waals surface area contributed by atoms with Gasteiger partial charge in [0.2, 0.25) is 5.91 Å². The Hall–Kier alpha value is -1.72. The van der Waals surface area contributed by atoms with Gasteiger partial charge in [-0.2, -0.15) is 13.2 Å². The van der Waals surface area contributed by atoms with Crippen LogP contribution in [0.4, 0.5) is 13.2 Å². The van der Waals surface area contributed by atoms with Crippen LogP contribution in [0.5, 0.6) is 5.75 Å². The van der Waals surface area contributed by atoms with E-state index in [2.05, 4.69) is 13.8 Å². The van der Waals surface area contributed by atoms with Crippen LogP contribution in [0.1, 0.15) is 51.0 Å². The number of amides is 1. The predicted octanol–water partition coefficient (Wildman–Crippen LogP) is 4.77. The molecule has 1 aromatic rings. The number of alkyl halides is 3. The molecule has 1 aromatic carbocycles. The molecular weight excluding hydrogens is 331 g/mol. The fourth-order valence-corrected chi connectivity index (χ4v) is 3.63. The van der Waals surface area contributed by atoms with Crippen LogP contribution in [-0.2, 0) is 4.79 Å². The number of likely N-dealkylation sites (tertiary alicyclic amines) is 1. The van der Waals surface area contributed by atoms with Crippen molar-refractivity contribution in [2.24, 2.45) is 5.41 Å². The van der Waals surface area contributed by atoms with E-state index < -0.39 is 18.0 Å². The van der Waals surface area contributed by atoms with E-state index in [1.54, 1.807) is 6.07 Å². The zero-order valence-electron chi connectivity index (χ0n) is 15.0. The number of benzene rings is 1. The van der Waals surface area contributed by atoms with E-state index >= 15 is 0 Å². The predicted molar refractivity (Wildman–Crippen MR) is 90.6 cm³/mol. The third-order valence-electron chi connectivity index (χ3n) is 5.64. The molecule has 0 aliphatic carbocycles. The van der Waals surface area contributed by atoms with E-state index in [9.17, 15) is 18.0 Å². The van der Waals surface area contributed by atoms with Gasteiger partial charge < -0.3 is 9.64 Å². The van der Waals surface area contributed by atoms with Gasteiger partial charge in [-0.1, -0.05) is 38.8 Å². The first-order valence-corrected chi connectivity index (χ1v) is 8.76. The molecule has 1 fully saturated rings. The van der Waals surface area contributed by atoms with Crippen molar-refractivity contribution in [1.29, 1.82) is 0 Å². The second-order valence-electron chi connectivity index (χ2n) is 6.78. The molecule has 0 aromatic heterocycles. The molecule has 1 amide bonds. The lowest BCUT2D eigenvalue weighted by atomic mass is 9.74. The van der Waals surface area contributed by atoms with Gasteiger partial charge in [0.1, 0.15) is 5.75 Å². The van der Waals surface area contributed by atoms with Gasteiger partial charge >= 0.3 is 6.18 Å². The van der Waals surface area contributed by atoms with Crippen molar-refractivity contribution in [3.8, 4) is 5.75 Å². The Morgan fingerprint density at radius 3 is 2.32 bits per heavy atom. The molecular formula is C19H26F3NO2. The Labute approximate surface area is 147 Å². The van der Waals surface area contributed by atoms with Crippen molar-refractivity contribution >= 4 is 5.91 Å². The Bertz CT molecular complexity index is 587. The number of methoxy groups -OCH3 is 1. The van der Waals surface area contributed by atoms with E-state index in [1.807, 2.05) is 0 Å². The van der Waals surface area contributed by atoms with Crippen LogP contribution in [0, 0.1) is 5.41 Å². The molecule has 1 unspecified atom stereocenters. The van der Waals surface area contributed by atoms with Crippen LogP contribution in [0.25, 0.3) is 0 Å². The zero-order chi connectivity index (χ0) is 18.7. The van der Waals surface area contributed by atoms with E-state index in [0.717, 1.165) is 25.7 Å². The van der Waals surface area contributed by atoms with Gasteiger partial charge in [-0.15, -0.1) is 0 Å². The lowest BCUT2D eigenvalue weighted by molar-refractivity contribution is -0.173. The second-order valence-corrected chi connectivity index (χ2v) is 6.78. The van der Waals surface area contributed by atoms with Gasteiger partial charge in [-0.05, 0) is 36.0 Å². The normalized spacial score (nSPS) is 18.7. The topological polar surface area (TPSA) is 29.5 Å². The fourth-order valence-electron chi connectivity index (χ4n) is 3.63. The first-order valence-electron chi connectivity index (χ1n) is 8.76. The maximum absolute atomic E-state index is 13.6. The van der Waals surface area contributed by atoms with Crippen LogP contribution in [0.15, 0.2) is 24.3 Å². The molecule has 140 valence electrons. The molecule has 0 bridgehead atoms. The minimum Gasteiger partial charge on any atom is -0.497 e. The Morgan fingerprint density at radius 2 is 1.84 bits per heavy atom. The van der Waals surface area contributed by atoms with Gasteiger partial charge in [0.15, 0.2) is 5.92 Å². The highest BCUT2D eigenvalue weighted by atomic mass is 19.4. The Kier molecular flexibility index (Phi) is 6.01. The van der Waals surface area contributed by atoms with Gasteiger partial charge in [-0.25, -0.2) is 0 Å². The Balaban J connectivity index is 2.23. The lowest BCUT2D eigenvalue weighted by Gasteiger charge is -2.42. The first-order chi connectivity index (χ1) is 11.8. The van der Waals surface area contributed by atoms with Gasteiger partial charge in [0, 0.05) is 13.1 Å². The standard InChI is InChI=1S/C19H26F3NO2/c1-4-18(5-2)9-11-23(12-10-18)17(24)16(19(20,21)22)14-7-6-8-15(13-14)25-3/h6-8,13,16H,4-5,9-12H2,1-3H3. The molecule has 1 aliphatic heterocycles. The number of carbonyl (C=O) groups excluding carboxylic acids is 1. The molecule has 1 heterocycles. The molecule has 1 aliphatic rings. The summed E-state index contributed by atoms with van der Waals surface area (Å²) in [6.45, 7) is 4.99. The summed E-state index contributed by atoms with van der Waals surface area (Å²) in [4.78, 5) is 14.1. The van der Waals surface area contributed by atoms with Crippen molar-refractivity contribution in [3.05, 3.63) is 29.8 Å². The first kappa shape index (κ1) is 19.6. The van der Waals surface area contributed by atoms with E-state index in [1.165, 1.54) is 30.2 Å². The fraction of sp³-hybridized carbons (Fsp3) is 0.632. The molecule has 1 atom stereocenters. The summed E-state index contributed by atoms with van der Waals surface area (Å²) in [5.41, 5.74) is 0.0835. The molecule has 0 spiro atoms. The maximum atomic E-state index is 13.6. The van der Waals surface area contributed by atoms with Crippen LogP contribution in [0.3, 0.4) is 0 Å². The molecule has 6 heteroatoms. The highest BCUT2D eigenvalue weighted by Gasteiger charge is 2.48. The largest absolute Gasteiger partial charge is 0.497 e. The van der Waals surface area contributed by atoms with Crippen molar-refractivity contribution in [2.75, 3.05) is 20.2 Å². The molecule has 3 nitrogen and oxygen atoms in total. The summed E-state index contributed by atoms with van der Waals surface area (Å²) < 4.78 is 45.9. The summed E-state index contributed by atoms with van der Waals surface area (Å²) in [6, 6.07) is 5.68. The van der Waals surface area contributed by atoms with E-state index in [-0.39, 0.29) is 11.0 Å². The molecule has 0 N–H and O–H groups in total. The Morgan fingerprint density at radius 1 is 1.24 bits per heavy atom. The second kappa shape index (κ2) is 7.67. The highest BCUT2D eigenvalue weighted by Crippen LogP contribution is 2.41. The van der Waals surface area contributed by atoms with Crippen LogP contribution in [0.2, 0.25) is 0 Å². The van der Waals surface area contributed by atoms with Crippen molar-refractivity contribution in [2.45, 2.75) is 51.6 Å². The molecule has 0 radical (unpaired) electrons. The average molecular weight is 357 g/mol. The maximum Gasteiger partial charge on any atom is 0.404 e. The van der Waals surface area contributed by atoms with Crippen LogP contribution < -0.4 is 4.74 Å². The van der Waals surface area contributed by atoms with Crippen molar-refractivity contribution < 1.29 is 22.7 Å². The third-order valence-corrected chi connectivity index (χ3v) is 5.64. The number of hydrogen-bond donors (Lipinski definition) is 0. The number of hydrogen-bond acceptors (Lipinski definition) is 2.